The number of benzene rings is 2. The van der Waals surface area contributed by atoms with Gasteiger partial charge in [-0.05, 0) is 62.6 Å². The zero-order valence-electron chi connectivity index (χ0n) is 21.1. The fourth-order valence-electron chi connectivity index (χ4n) is 5.16. The van der Waals surface area contributed by atoms with Gasteiger partial charge in [-0.15, -0.1) is 0 Å². The highest BCUT2D eigenvalue weighted by Crippen LogP contribution is 2.45. The molecule has 1 unspecified atom stereocenters. The van der Waals surface area contributed by atoms with Crippen LogP contribution < -0.4 is 4.90 Å². The Bertz CT molecular complexity index is 1850. The van der Waals surface area contributed by atoms with Gasteiger partial charge in [-0.1, -0.05) is 41.7 Å². The van der Waals surface area contributed by atoms with E-state index in [1.54, 1.807) is 23.6 Å². The smallest absolute Gasteiger partial charge is 0.301 e. The van der Waals surface area contributed by atoms with Crippen LogP contribution in [0.5, 0.6) is 0 Å². The number of hydrogen-bond acceptors (Lipinski definition) is 6. The van der Waals surface area contributed by atoms with Crippen LogP contribution in [0, 0.1) is 33.5 Å². The predicted molar refractivity (Wildman–Crippen MR) is 145 cm³/mol. The third-order valence-electron chi connectivity index (χ3n) is 6.98. The van der Waals surface area contributed by atoms with E-state index in [0.717, 1.165) is 21.4 Å². The van der Waals surface area contributed by atoms with Gasteiger partial charge in [-0.2, -0.15) is 0 Å². The van der Waals surface area contributed by atoms with Crippen LogP contribution in [0.25, 0.3) is 21.6 Å². The number of rotatable bonds is 3. The molecule has 0 radical (unpaired) electrons. The van der Waals surface area contributed by atoms with Gasteiger partial charge in [0.15, 0.2) is 10.9 Å². The lowest BCUT2D eigenvalue weighted by Crippen LogP contribution is -2.29. The summed E-state index contributed by atoms with van der Waals surface area (Å²) in [5, 5.41) is 11.8. The van der Waals surface area contributed by atoms with Crippen molar-refractivity contribution in [1.29, 1.82) is 0 Å². The normalized spacial score (nSPS) is 17.3. The summed E-state index contributed by atoms with van der Waals surface area (Å²) in [7, 11) is 0. The summed E-state index contributed by atoms with van der Waals surface area (Å²) in [5.41, 5.74) is 4.76. The molecule has 4 heterocycles. The topological polar surface area (TPSA) is 87.8 Å². The first-order valence-electron chi connectivity index (χ1n) is 12.0. The SMILES string of the molecule is Cc1cc(C)c2nc(N3C(=O)C(=O)C(=C(O)c4nc5c(C)cccn5c4C)C3c3ccccc3F)sc2c1. The number of imidazole rings is 1. The van der Waals surface area contributed by atoms with Crippen molar-refractivity contribution >= 4 is 49.8 Å². The number of Topliss-reactive ketones (excluding diaryl/α,β-unsaturated/α-hetero) is 1. The number of aryl methyl sites for hydroxylation is 4. The quantitative estimate of drug-likeness (QED) is 0.179. The van der Waals surface area contributed by atoms with Crippen LogP contribution in [0.3, 0.4) is 0 Å². The van der Waals surface area contributed by atoms with E-state index in [1.807, 2.05) is 45.0 Å². The van der Waals surface area contributed by atoms with Crippen LogP contribution in [0.2, 0.25) is 0 Å². The maximum absolute atomic E-state index is 15.3. The summed E-state index contributed by atoms with van der Waals surface area (Å²) >= 11 is 1.25. The number of aliphatic hydroxyl groups excluding tert-OH is 1. The third-order valence-corrected chi connectivity index (χ3v) is 7.98. The standard InChI is InChI=1S/C29H23FN4O3S/c1-14-12-16(3)22-20(13-14)38-29(32-22)34-24(18-9-5-6-10-19(18)30)21(26(36)28(34)37)25(35)23-17(4)33-11-7-8-15(2)27(33)31-23/h5-13,24,35H,1-4H3. The molecule has 1 aliphatic heterocycles. The van der Waals surface area contributed by atoms with Crippen LogP contribution >= 0.6 is 11.3 Å². The van der Waals surface area contributed by atoms with Crippen molar-refractivity contribution in [3.8, 4) is 0 Å². The van der Waals surface area contributed by atoms with E-state index in [-0.39, 0.29) is 22.0 Å². The monoisotopic (exact) mass is 526 g/mol. The van der Waals surface area contributed by atoms with Crippen LogP contribution in [-0.4, -0.2) is 31.2 Å². The van der Waals surface area contributed by atoms with Crippen LogP contribution in [-0.2, 0) is 9.59 Å². The van der Waals surface area contributed by atoms with Gasteiger partial charge in [0.25, 0.3) is 5.78 Å². The number of thiazole rings is 1. The molecule has 0 bridgehead atoms. The Morgan fingerprint density at radius 3 is 2.50 bits per heavy atom. The van der Waals surface area contributed by atoms with Crippen molar-refractivity contribution in [3.05, 3.63) is 99.8 Å². The van der Waals surface area contributed by atoms with Crippen molar-refractivity contribution in [2.45, 2.75) is 33.7 Å². The maximum atomic E-state index is 15.3. The molecule has 0 aliphatic carbocycles. The number of amides is 1. The molecule has 5 aromatic rings. The summed E-state index contributed by atoms with van der Waals surface area (Å²) in [5.74, 6) is -2.86. The van der Waals surface area contributed by atoms with Gasteiger partial charge >= 0.3 is 5.91 Å². The van der Waals surface area contributed by atoms with Gasteiger partial charge in [0.2, 0.25) is 0 Å². The Morgan fingerprint density at radius 1 is 1.00 bits per heavy atom. The number of halogens is 1. The van der Waals surface area contributed by atoms with E-state index in [4.69, 9.17) is 0 Å². The largest absolute Gasteiger partial charge is 0.505 e. The molecular formula is C29H23FN4O3S. The van der Waals surface area contributed by atoms with Crippen molar-refractivity contribution < 1.29 is 19.1 Å². The first kappa shape index (κ1) is 24.0. The predicted octanol–water partition coefficient (Wildman–Crippen LogP) is 5.94. The number of pyridine rings is 1. The van der Waals surface area contributed by atoms with E-state index in [1.165, 1.54) is 34.4 Å². The molecule has 1 amide bonds. The lowest BCUT2D eigenvalue weighted by atomic mass is 9.96. The van der Waals surface area contributed by atoms with Crippen LogP contribution in [0.4, 0.5) is 9.52 Å². The van der Waals surface area contributed by atoms with E-state index in [2.05, 4.69) is 9.97 Å². The molecule has 190 valence electrons. The molecule has 0 spiro atoms. The van der Waals surface area contributed by atoms with Gasteiger partial charge < -0.3 is 9.51 Å². The summed E-state index contributed by atoms with van der Waals surface area (Å²) < 4.78 is 17.9. The number of carbonyl (C=O) groups excluding carboxylic acids is 2. The summed E-state index contributed by atoms with van der Waals surface area (Å²) in [6.07, 6.45) is 1.81. The number of ketones is 1. The number of aliphatic hydroxyl groups is 1. The highest BCUT2D eigenvalue weighted by Gasteiger charge is 2.49. The van der Waals surface area contributed by atoms with Gasteiger partial charge in [-0.3, -0.25) is 14.5 Å². The average molecular weight is 527 g/mol. The average Bonchev–Trinajstić information content (AvgIpc) is 3.52. The molecule has 1 saturated heterocycles. The van der Waals surface area contributed by atoms with E-state index >= 15 is 4.39 Å². The second kappa shape index (κ2) is 8.59. The second-order valence-corrected chi connectivity index (χ2v) is 10.6. The Hall–Kier alpha value is -4.37. The number of anilines is 1. The van der Waals surface area contributed by atoms with E-state index < -0.39 is 29.3 Å². The highest BCUT2D eigenvalue weighted by atomic mass is 32.1. The van der Waals surface area contributed by atoms with Crippen molar-refractivity contribution in [3.63, 3.8) is 0 Å². The van der Waals surface area contributed by atoms with Gasteiger partial charge in [0.1, 0.15) is 23.2 Å². The number of hydrogen-bond donors (Lipinski definition) is 1. The molecule has 0 saturated carbocycles. The lowest BCUT2D eigenvalue weighted by molar-refractivity contribution is -0.132. The van der Waals surface area contributed by atoms with Gasteiger partial charge in [0, 0.05) is 11.8 Å². The third kappa shape index (κ3) is 3.46. The molecule has 6 rings (SSSR count). The minimum absolute atomic E-state index is 0.0815. The summed E-state index contributed by atoms with van der Waals surface area (Å²) in [6, 6.07) is 12.4. The molecule has 2 aromatic carbocycles. The minimum Gasteiger partial charge on any atom is -0.505 e. The van der Waals surface area contributed by atoms with Gasteiger partial charge in [0.05, 0.1) is 21.5 Å². The Balaban J connectivity index is 1.62. The van der Waals surface area contributed by atoms with Crippen molar-refractivity contribution in [2.75, 3.05) is 4.90 Å². The zero-order chi connectivity index (χ0) is 26.9. The number of carbonyl (C=O) groups is 2. The zero-order valence-corrected chi connectivity index (χ0v) is 21.9. The molecule has 38 heavy (non-hydrogen) atoms. The fraction of sp³-hybridized carbons (Fsp3) is 0.172. The Morgan fingerprint density at radius 2 is 1.76 bits per heavy atom. The van der Waals surface area contributed by atoms with Crippen LogP contribution in [0.15, 0.2) is 60.3 Å². The molecule has 1 atom stereocenters. The first-order chi connectivity index (χ1) is 18.2. The van der Waals surface area contributed by atoms with E-state index in [0.29, 0.717) is 16.9 Å². The van der Waals surface area contributed by atoms with Crippen molar-refractivity contribution in [1.82, 2.24) is 14.4 Å². The number of aromatic nitrogens is 3. The second-order valence-electron chi connectivity index (χ2n) is 9.55. The molecule has 7 nitrogen and oxygen atoms in total. The summed E-state index contributed by atoms with van der Waals surface area (Å²) in [4.78, 5) is 37.5. The lowest BCUT2D eigenvalue weighted by Gasteiger charge is -2.23. The molecule has 1 aliphatic rings. The molecule has 1 fully saturated rings. The van der Waals surface area contributed by atoms with Crippen LogP contribution in [0.1, 0.15) is 39.7 Å². The fourth-order valence-corrected chi connectivity index (χ4v) is 6.33. The number of nitrogens with zero attached hydrogens (tertiary/aromatic N) is 4. The molecular weight excluding hydrogens is 503 g/mol. The number of fused-ring (bicyclic) bond motifs is 2. The molecule has 3 aromatic heterocycles. The molecule has 9 heteroatoms. The Kier molecular flexibility index (Phi) is 5.43. The minimum atomic E-state index is -1.22. The molecule has 1 N–H and O–H groups in total. The Labute approximate surface area is 221 Å². The maximum Gasteiger partial charge on any atom is 0.301 e. The first-order valence-corrected chi connectivity index (χ1v) is 12.9. The van der Waals surface area contributed by atoms with Gasteiger partial charge in [-0.25, -0.2) is 14.4 Å². The summed E-state index contributed by atoms with van der Waals surface area (Å²) in [6.45, 7) is 7.55. The highest BCUT2D eigenvalue weighted by molar-refractivity contribution is 7.22. The van der Waals surface area contributed by atoms with Crippen molar-refractivity contribution in [2.24, 2.45) is 0 Å². The van der Waals surface area contributed by atoms with E-state index in [9.17, 15) is 14.7 Å².